The van der Waals surface area contributed by atoms with Crippen molar-refractivity contribution in [3.05, 3.63) is 42.2 Å². The van der Waals surface area contributed by atoms with Gasteiger partial charge in [0.15, 0.2) is 0 Å². The number of nitrogens with zero attached hydrogens (tertiary/aromatic N) is 3. The minimum atomic E-state index is -0.170. The average molecular weight is 421 g/mol. The summed E-state index contributed by atoms with van der Waals surface area (Å²) < 4.78 is 1.41. The van der Waals surface area contributed by atoms with Crippen molar-refractivity contribution in [2.24, 2.45) is 11.1 Å². The van der Waals surface area contributed by atoms with Crippen molar-refractivity contribution in [2.45, 2.75) is 51.6 Å². The third kappa shape index (κ3) is 6.83. The first-order valence-electron chi connectivity index (χ1n) is 9.79. The van der Waals surface area contributed by atoms with E-state index in [0.717, 1.165) is 31.2 Å². The van der Waals surface area contributed by atoms with Gasteiger partial charge in [0.05, 0.1) is 0 Å². The Balaban J connectivity index is 0.00000300. The summed E-state index contributed by atoms with van der Waals surface area (Å²) in [4.78, 5) is 28.5. The number of hydrogen-bond donors (Lipinski definition) is 3. The molecule has 0 saturated heterocycles. The number of amides is 2. The summed E-state index contributed by atoms with van der Waals surface area (Å²) in [6.45, 7) is 1.02. The van der Waals surface area contributed by atoms with E-state index in [9.17, 15) is 9.59 Å². The summed E-state index contributed by atoms with van der Waals surface area (Å²) in [6, 6.07) is 9.68. The second kappa shape index (κ2) is 10.9. The van der Waals surface area contributed by atoms with Gasteiger partial charge in [0.2, 0.25) is 17.8 Å². The van der Waals surface area contributed by atoms with Crippen LogP contribution in [0.4, 0.5) is 5.95 Å². The predicted octanol–water partition coefficient (Wildman–Crippen LogP) is 2.25. The molecule has 0 radical (unpaired) electrons. The molecule has 0 unspecified atom stereocenters. The summed E-state index contributed by atoms with van der Waals surface area (Å²) >= 11 is 0. The molecule has 1 aliphatic rings. The number of rotatable bonds is 8. The van der Waals surface area contributed by atoms with Gasteiger partial charge in [-0.25, -0.2) is 9.67 Å². The maximum atomic E-state index is 12.4. The lowest BCUT2D eigenvalue weighted by Gasteiger charge is -2.35. The van der Waals surface area contributed by atoms with Gasteiger partial charge in [-0.05, 0) is 30.4 Å². The summed E-state index contributed by atoms with van der Waals surface area (Å²) in [7, 11) is 0. The molecule has 0 aliphatic heterocycles. The first-order chi connectivity index (χ1) is 13.6. The van der Waals surface area contributed by atoms with Crippen LogP contribution in [0.2, 0.25) is 0 Å². The van der Waals surface area contributed by atoms with Crippen LogP contribution in [-0.4, -0.2) is 33.1 Å². The van der Waals surface area contributed by atoms with E-state index in [1.54, 1.807) is 0 Å². The number of benzene rings is 1. The molecule has 9 heteroatoms. The molecule has 4 N–H and O–H groups in total. The SMILES string of the molecule is Cl.NCC1(CC(=O)Nc2ncn(CC(=O)NCc3ccccc3)n2)CCCCC1. The van der Waals surface area contributed by atoms with Gasteiger partial charge in [0.1, 0.15) is 12.9 Å². The Bertz CT molecular complexity index is 789. The Morgan fingerprint density at radius 2 is 1.83 bits per heavy atom. The van der Waals surface area contributed by atoms with Crippen LogP contribution in [-0.2, 0) is 22.7 Å². The number of carbonyl (C=O) groups is 2. The highest BCUT2D eigenvalue weighted by Crippen LogP contribution is 2.38. The van der Waals surface area contributed by atoms with Crippen LogP contribution < -0.4 is 16.4 Å². The lowest BCUT2D eigenvalue weighted by Crippen LogP contribution is -2.36. The van der Waals surface area contributed by atoms with E-state index >= 15 is 0 Å². The van der Waals surface area contributed by atoms with E-state index in [4.69, 9.17) is 5.73 Å². The lowest BCUT2D eigenvalue weighted by molar-refractivity contribution is -0.122. The standard InChI is InChI=1S/C20H28N6O2.ClH/c21-14-20(9-5-2-6-10-20)11-17(27)24-19-23-15-26(25-19)13-18(28)22-12-16-7-3-1-4-8-16;/h1,3-4,7-8,15H,2,5-6,9-14,21H2,(H,22,28)(H,24,25,27);1H. The van der Waals surface area contributed by atoms with Crippen molar-refractivity contribution in [2.75, 3.05) is 11.9 Å². The molecule has 1 aromatic heterocycles. The fourth-order valence-corrected chi connectivity index (χ4v) is 3.69. The average Bonchev–Trinajstić information content (AvgIpc) is 3.14. The van der Waals surface area contributed by atoms with Gasteiger partial charge in [-0.2, -0.15) is 0 Å². The van der Waals surface area contributed by atoms with Gasteiger partial charge in [-0.15, -0.1) is 17.5 Å². The van der Waals surface area contributed by atoms with Crippen molar-refractivity contribution in [1.29, 1.82) is 0 Å². The predicted molar refractivity (Wildman–Crippen MR) is 113 cm³/mol. The fourth-order valence-electron chi connectivity index (χ4n) is 3.69. The maximum Gasteiger partial charge on any atom is 0.248 e. The second-order valence-electron chi connectivity index (χ2n) is 7.52. The summed E-state index contributed by atoms with van der Waals surface area (Å²) in [5.41, 5.74) is 6.87. The van der Waals surface area contributed by atoms with Gasteiger partial charge >= 0.3 is 0 Å². The molecule has 29 heavy (non-hydrogen) atoms. The minimum absolute atomic E-state index is 0. The zero-order valence-corrected chi connectivity index (χ0v) is 17.3. The Kier molecular flexibility index (Phi) is 8.60. The smallest absolute Gasteiger partial charge is 0.248 e. The molecule has 1 aromatic carbocycles. The largest absolute Gasteiger partial charge is 0.350 e. The molecule has 1 heterocycles. The third-order valence-corrected chi connectivity index (χ3v) is 5.31. The molecule has 0 atom stereocenters. The van der Waals surface area contributed by atoms with E-state index in [2.05, 4.69) is 20.7 Å². The van der Waals surface area contributed by atoms with E-state index in [1.165, 1.54) is 17.4 Å². The van der Waals surface area contributed by atoms with Gasteiger partial charge in [0, 0.05) is 13.0 Å². The number of nitrogens with two attached hydrogens (primary N) is 1. The Morgan fingerprint density at radius 1 is 1.10 bits per heavy atom. The van der Waals surface area contributed by atoms with Crippen LogP contribution in [0.15, 0.2) is 36.7 Å². The van der Waals surface area contributed by atoms with Gasteiger partial charge in [-0.1, -0.05) is 49.6 Å². The number of halogens is 1. The quantitative estimate of drug-likeness (QED) is 0.605. The molecule has 158 valence electrons. The highest BCUT2D eigenvalue weighted by molar-refractivity contribution is 5.89. The summed E-state index contributed by atoms with van der Waals surface area (Å²) in [5.74, 6) is -0.0848. The minimum Gasteiger partial charge on any atom is -0.350 e. The van der Waals surface area contributed by atoms with Crippen LogP contribution in [0.25, 0.3) is 0 Å². The number of aromatic nitrogens is 3. The van der Waals surface area contributed by atoms with Crippen molar-refractivity contribution < 1.29 is 9.59 Å². The Labute approximate surface area is 177 Å². The van der Waals surface area contributed by atoms with Crippen molar-refractivity contribution in [3.8, 4) is 0 Å². The monoisotopic (exact) mass is 420 g/mol. The first kappa shape index (κ1) is 22.8. The molecule has 0 spiro atoms. The topological polar surface area (TPSA) is 115 Å². The second-order valence-corrected chi connectivity index (χ2v) is 7.52. The molecule has 8 nitrogen and oxygen atoms in total. The molecule has 1 saturated carbocycles. The highest BCUT2D eigenvalue weighted by atomic mass is 35.5. The summed E-state index contributed by atoms with van der Waals surface area (Å²) in [5, 5.41) is 9.73. The lowest BCUT2D eigenvalue weighted by atomic mass is 9.72. The van der Waals surface area contributed by atoms with Crippen molar-refractivity contribution in [1.82, 2.24) is 20.1 Å². The van der Waals surface area contributed by atoms with Crippen LogP contribution in [0.5, 0.6) is 0 Å². The normalized spacial score (nSPS) is 15.2. The van der Waals surface area contributed by atoms with Crippen LogP contribution in [0.3, 0.4) is 0 Å². The van der Waals surface area contributed by atoms with Gasteiger partial charge in [0.25, 0.3) is 0 Å². The van der Waals surface area contributed by atoms with E-state index < -0.39 is 0 Å². The highest BCUT2D eigenvalue weighted by Gasteiger charge is 2.33. The van der Waals surface area contributed by atoms with Crippen LogP contribution >= 0.6 is 12.4 Å². The Morgan fingerprint density at radius 3 is 2.52 bits per heavy atom. The van der Waals surface area contributed by atoms with Crippen LogP contribution in [0.1, 0.15) is 44.1 Å². The van der Waals surface area contributed by atoms with E-state index in [0.29, 0.717) is 19.5 Å². The van der Waals surface area contributed by atoms with Gasteiger partial charge < -0.3 is 11.1 Å². The molecular formula is C20H29ClN6O2. The fraction of sp³-hybridized carbons (Fsp3) is 0.500. The van der Waals surface area contributed by atoms with Crippen molar-refractivity contribution in [3.63, 3.8) is 0 Å². The number of anilines is 1. The van der Waals surface area contributed by atoms with Crippen LogP contribution in [0, 0.1) is 5.41 Å². The molecule has 2 amide bonds. The molecule has 0 bridgehead atoms. The zero-order valence-electron chi connectivity index (χ0n) is 16.5. The Hall–Kier alpha value is -2.45. The maximum absolute atomic E-state index is 12.4. The number of hydrogen-bond acceptors (Lipinski definition) is 5. The van der Waals surface area contributed by atoms with Crippen molar-refractivity contribution >= 4 is 30.2 Å². The number of carbonyl (C=O) groups excluding carboxylic acids is 2. The first-order valence-corrected chi connectivity index (χ1v) is 9.79. The van der Waals surface area contributed by atoms with E-state index in [-0.39, 0.29) is 42.1 Å². The third-order valence-electron chi connectivity index (χ3n) is 5.31. The zero-order chi connectivity index (χ0) is 19.8. The summed E-state index contributed by atoms with van der Waals surface area (Å²) in [6.07, 6.45) is 7.25. The molecule has 2 aromatic rings. The molecular weight excluding hydrogens is 392 g/mol. The van der Waals surface area contributed by atoms with Gasteiger partial charge in [-0.3, -0.25) is 14.9 Å². The molecule has 1 aliphatic carbocycles. The molecule has 1 fully saturated rings. The molecule has 3 rings (SSSR count). The van der Waals surface area contributed by atoms with E-state index in [1.807, 2.05) is 30.3 Å². The number of nitrogens with one attached hydrogen (secondary N) is 2.